The number of hydrogen-bond acceptors (Lipinski definition) is 1. The van der Waals surface area contributed by atoms with Crippen molar-refractivity contribution in [2.24, 2.45) is 0 Å². The van der Waals surface area contributed by atoms with Crippen molar-refractivity contribution in [2.75, 3.05) is 6.61 Å². The molecule has 0 aliphatic rings. The summed E-state index contributed by atoms with van der Waals surface area (Å²) in [7, 11) is 0. The van der Waals surface area contributed by atoms with Crippen molar-refractivity contribution in [1.29, 1.82) is 0 Å². The number of hydrogen-bond donors (Lipinski definition) is 1. The number of halogens is 1. The summed E-state index contributed by atoms with van der Waals surface area (Å²) in [5, 5.41) is 1.69. The fraction of sp³-hybridized carbons (Fsp3) is 0.200. The van der Waals surface area contributed by atoms with Crippen molar-refractivity contribution >= 4 is 22.5 Å². The van der Waals surface area contributed by atoms with E-state index in [0.717, 1.165) is 16.7 Å². The Labute approximate surface area is 81.5 Å². The molecule has 0 unspecified atom stereocenters. The number of nitrogens with one attached hydrogen (secondary N) is 1. The molecular weight excluding hydrogens is 186 g/mol. The standard InChI is InChI=1S/C10H10ClNO/c1-2-13-9-4-3-8-7(10(9)11)5-6-12-8/h3-6,12H,2H2,1H3. The molecule has 0 spiro atoms. The Bertz CT molecular complexity index is 422. The molecule has 1 heterocycles. The molecule has 0 aliphatic carbocycles. The van der Waals surface area contributed by atoms with Crippen LogP contribution in [0.15, 0.2) is 24.4 Å². The van der Waals surface area contributed by atoms with Gasteiger partial charge in [0.1, 0.15) is 5.75 Å². The minimum absolute atomic E-state index is 0.635. The summed E-state index contributed by atoms with van der Waals surface area (Å²) in [5.41, 5.74) is 1.04. The van der Waals surface area contributed by atoms with Gasteiger partial charge < -0.3 is 9.72 Å². The van der Waals surface area contributed by atoms with Gasteiger partial charge in [0.2, 0.25) is 0 Å². The van der Waals surface area contributed by atoms with Crippen molar-refractivity contribution in [2.45, 2.75) is 6.92 Å². The molecule has 0 atom stereocenters. The summed E-state index contributed by atoms with van der Waals surface area (Å²) in [6.45, 7) is 2.58. The van der Waals surface area contributed by atoms with Gasteiger partial charge in [-0.3, -0.25) is 0 Å². The first-order valence-electron chi connectivity index (χ1n) is 4.21. The zero-order valence-corrected chi connectivity index (χ0v) is 8.06. The van der Waals surface area contributed by atoms with E-state index in [9.17, 15) is 0 Å². The lowest BCUT2D eigenvalue weighted by molar-refractivity contribution is 0.341. The summed E-state index contributed by atoms with van der Waals surface area (Å²) in [6, 6.07) is 5.79. The predicted molar refractivity (Wildman–Crippen MR) is 54.5 cm³/mol. The van der Waals surface area contributed by atoms with Crippen LogP contribution < -0.4 is 4.74 Å². The topological polar surface area (TPSA) is 25.0 Å². The number of ether oxygens (including phenoxy) is 1. The molecule has 1 N–H and O–H groups in total. The van der Waals surface area contributed by atoms with Crippen LogP contribution in [0.4, 0.5) is 0 Å². The Kier molecular flexibility index (Phi) is 2.15. The number of benzene rings is 1. The Hall–Kier alpha value is -1.15. The van der Waals surface area contributed by atoms with Crippen LogP contribution in [0, 0.1) is 0 Å². The molecule has 1 aromatic heterocycles. The number of rotatable bonds is 2. The molecule has 2 rings (SSSR count). The molecule has 0 fully saturated rings. The number of aromatic nitrogens is 1. The number of aromatic amines is 1. The average Bonchev–Trinajstić information content (AvgIpc) is 2.58. The van der Waals surface area contributed by atoms with Gasteiger partial charge in [-0.1, -0.05) is 11.6 Å². The van der Waals surface area contributed by atoms with E-state index in [0.29, 0.717) is 11.6 Å². The van der Waals surface area contributed by atoms with E-state index in [1.54, 1.807) is 0 Å². The van der Waals surface area contributed by atoms with E-state index in [1.807, 2.05) is 31.3 Å². The van der Waals surface area contributed by atoms with Crippen molar-refractivity contribution in [3.8, 4) is 5.75 Å². The monoisotopic (exact) mass is 195 g/mol. The van der Waals surface area contributed by atoms with Crippen LogP contribution in [0.3, 0.4) is 0 Å². The second-order valence-electron chi connectivity index (χ2n) is 2.75. The average molecular weight is 196 g/mol. The third-order valence-electron chi connectivity index (χ3n) is 1.93. The fourth-order valence-corrected chi connectivity index (χ4v) is 1.63. The lowest BCUT2D eigenvalue weighted by Crippen LogP contribution is -1.91. The van der Waals surface area contributed by atoms with E-state index in [1.165, 1.54) is 0 Å². The smallest absolute Gasteiger partial charge is 0.138 e. The quantitative estimate of drug-likeness (QED) is 0.782. The molecule has 0 radical (unpaired) electrons. The normalized spacial score (nSPS) is 10.6. The first kappa shape index (κ1) is 8.45. The van der Waals surface area contributed by atoms with Crippen LogP contribution in [0.25, 0.3) is 10.9 Å². The third kappa shape index (κ3) is 1.38. The van der Waals surface area contributed by atoms with Crippen molar-refractivity contribution in [1.82, 2.24) is 4.98 Å². The molecule has 0 bridgehead atoms. The van der Waals surface area contributed by atoms with E-state index in [-0.39, 0.29) is 0 Å². The number of fused-ring (bicyclic) bond motifs is 1. The number of H-pyrrole nitrogens is 1. The summed E-state index contributed by atoms with van der Waals surface area (Å²) >= 11 is 6.12. The van der Waals surface area contributed by atoms with Crippen LogP contribution in [-0.4, -0.2) is 11.6 Å². The second-order valence-corrected chi connectivity index (χ2v) is 3.13. The highest BCUT2D eigenvalue weighted by Crippen LogP contribution is 2.31. The summed E-state index contributed by atoms with van der Waals surface area (Å²) < 4.78 is 5.37. The molecule has 0 aliphatic heterocycles. The van der Waals surface area contributed by atoms with Gasteiger partial charge in [-0.2, -0.15) is 0 Å². The fourth-order valence-electron chi connectivity index (χ4n) is 1.34. The Balaban J connectivity index is 2.59. The van der Waals surface area contributed by atoms with Crippen molar-refractivity contribution in [3.63, 3.8) is 0 Å². The zero-order valence-electron chi connectivity index (χ0n) is 7.30. The molecule has 2 aromatic rings. The molecule has 2 nitrogen and oxygen atoms in total. The van der Waals surface area contributed by atoms with Crippen LogP contribution in [0.2, 0.25) is 5.02 Å². The molecule has 1 aromatic carbocycles. The highest BCUT2D eigenvalue weighted by molar-refractivity contribution is 6.36. The van der Waals surface area contributed by atoms with Gasteiger partial charge >= 0.3 is 0 Å². The first-order valence-corrected chi connectivity index (χ1v) is 4.59. The Morgan fingerprint density at radius 1 is 1.38 bits per heavy atom. The molecular formula is C10H10ClNO. The van der Waals surface area contributed by atoms with Gasteiger partial charge in [0, 0.05) is 17.1 Å². The molecule has 3 heteroatoms. The van der Waals surface area contributed by atoms with Gasteiger partial charge in [0.25, 0.3) is 0 Å². The second kappa shape index (κ2) is 3.30. The van der Waals surface area contributed by atoms with Crippen molar-refractivity contribution in [3.05, 3.63) is 29.4 Å². The van der Waals surface area contributed by atoms with Crippen LogP contribution in [0.5, 0.6) is 5.75 Å². The highest BCUT2D eigenvalue weighted by atomic mass is 35.5. The summed E-state index contributed by atoms with van der Waals surface area (Å²) in [4.78, 5) is 3.09. The molecule has 0 amide bonds. The van der Waals surface area contributed by atoms with Gasteiger partial charge in [0.05, 0.1) is 11.6 Å². The maximum absolute atomic E-state index is 6.12. The lowest BCUT2D eigenvalue weighted by Gasteiger charge is -2.05. The van der Waals surface area contributed by atoms with Crippen LogP contribution in [-0.2, 0) is 0 Å². The van der Waals surface area contributed by atoms with E-state index >= 15 is 0 Å². The third-order valence-corrected chi connectivity index (χ3v) is 2.32. The SMILES string of the molecule is CCOc1ccc2[nH]ccc2c1Cl. The lowest BCUT2D eigenvalue weighted by atomic mass is 10.2. The predicted octanol–water partition coefficient (Wildman–Crippen LogP) is 3.22. The minimum atomic E-state index is 0.635. The van der Waals surface area contributed by atoms with Gasteiger partial charge in [-0.15, -0.1) is 0 Å². The first-order chi connectivity index (χ1) is 6.33. The maximum Gasteiger partial charge on any atom is 0.138 e. The van der Waals surface area contributed by atoms with Gasteiger partial charge in [0.15, 0.2) is 0 Å². The Morgan fingerprint density at radius 2 is 2.23 bits per heavy atom. The minimum Gasteiger partial charge on any atom is -0.492 e. The van der Waals surface area contributed by atoms with Crippen LogP contribution >= 0.6 is 11.6 Å². The van der Waals surface area contributed by atoms with Gasteiger partial charge in [-0.25, -0.2) is 0 Å². The zero-order chi connectivity index (χ0) is 9.26. The van der Waals surface area contributed by atoms with Crippen molar-refractivity contribution < 1.29 is 4.74 Å². The molecule has 13 heavy (non-hydrogen) atoms. The Morgan fingerprint density at radius 3 is 3.00 bits per heavy atom. The highest BCUT2D eigenvalue weighted by Gasteiger charge is 2.05. The molecule has 0 saturated heterocycles. The van der Waals surface area contributed by atoms with E-state index in [2.05, 4.69) is 4.98 Å². The van der Waals surface area contributed by atoms with Gasteiger partial charge in [-0.05, 0) is 25.1 Å². The van der Waals surface area contributed by atoms with Crippen LogP contribution in [0.1, 0.15) is 6.92 Å². The largest absolute Gasteiger partial charge is 0.492 e. The summed E-state index contributed by atoms with van der Waals surface area (Å²) in [6.07, 6.45) is 1.87. The van der Waals surface area contributed by atoms with E-state index in [4.69, 9.17) is 16.3 Å². The summed E-state index contributed by atoms with van der Waals surface area (Å²) in [5.74, 6) is 0.747. The maximum atomic E-state index is 6.12. The molecule has 0 saturated carbocycles. The van der Waals surface area contributed by atoms with E-state index < -0.39 is 0 Å². The molecule has 68 valence electrons.